The van der Waals surface area contributed by atoms with Crippen molar-refractivity contribution in [2.24, 2.45) is 0 Å². The second-order valence-corrected chi connectivity index (χ2v) is 10.2. The van der Waals surface area contributed by atoms with Crippen LogP contribution in [-0.4, -0.2) is 35.8 Å². The van der Waals surface area contributed by atoms with Crippen LogP contribution in [0.5, 0.6) is 0 Å². The van der Waals surface area contributed by atoms with Crippen molar-refractivity contribution < 1.29 is 12.8 Å². The summed E-state index contributed by atoms with van der Waals surface area (Å²) in [5, 5.41) is 10.1. The number of hydrogen-bond acceptors (Lipinski definition) is 7. The Balaban J connectivity index is 1.37. The van der Waals surface area contributed by atoms with Gasteiger partial charge in [0.05, 0.1) is 15.2 Å². The first kappa shape index (κ1) is 19.9. The Morgan fingerprint density at radius 1 is 1.03 bits per heavy atom. The first-order chi connectivity index (χ1) is 15.1. The van der Waals surface area contributed by atoms with E-state index >= 15 is 0 Å². The Hall–Kier alpha value is -3.06. The van der Waals surface area contributed by atoms with E-state index < -0.39 is 10.0 Å². The summed E-state index contributed by atoms with van der Waals surface area (Å²) in [6.45, 7) is 0.685. The van der Waals surface area contributed by atoms with E-state index in [0.717, 1.165) is 15.2 Å². The number of para-hydroxylation sites is 1. The fraction of sp³-hybridized carbons (Fsp3) is 0.227. The first-order valence-corrected chi connectivity index (χ1v) is 12.1. The van der Waals surface area contributed by atoms with E-state index in [0.29, 0.717) is 31.5 Å². The molecule has 0 unspecified atom stereocenters. The molecule has 1 saturated heterocycles. The lowest BCUT2D eigenvalue weighted by atomic mass is 9.99. The van der Waals surface area contributed by atoms with Gasteiger partial charge in [-0.2, -0.15) is 14.6 Å². The summed E-state index contributed by atoms with van der Waals surface area (Å²) in [6.07, 6.45) is 1.33. The zero-order chi connectivity index (χ0) is 21.4. The number of fused-ring (bicyclic) bond motifs is 1. The normalized spacial score (nSPS) is 15.8. The minimum absolute atomic E-state index is 0.125. The largest absolute Gasteiger partial charge is 0.422 e. The zero-order valence-corrected chi connectivity index (χ0v) is 18.1. The van der Waals surface area contributed by atoms with E-state index in [2.05, 4.69) is 4.98 Å². The Labute approximate surface area is 183 Å². The molecule has 0 amide bonds. The Bertz CT molecular complexity index is 1350. The maximum Gasteiger partial charge on any atom is 0.279 e. The van der Waals surface area contributed by atoms with Crippen LogP contribution in [0.4, 0.5) is 0 Å². The summed E-state index contributed by atoms with van der Waals surface area (Å²) < 4.78 is 34.6. The highest BCUT2D eigenvalue weighted by Gasteiger charge is 2.36. The van der Waals surface area contributed by atoms with Gasteiger partial charge in [0.15, 0.2) is 5.69 Å². The summed E-state index contributed by atoms with van der Waals surface area (Å²) in [5.41, 5.74) is 1.38. The predicted molar refractivity (Wildman–Crippen MR) is 117 cm³/mol. The van der Waals surface area contributed by atoms with Crippen LogP contribution >= 0.6 is 11.3 Å². The molecule has 0 saturated carbocycles. The van der Waals surface area contributed by atoms with Crippen LogP contribution in [0.2, 0.25) is 0 Å². The molecule has 5 rings (SSSR count). The third kappa shape index (κ3) is 3.63. The SMILES string of the molecule is N#Cc1nc(-c2ccccc2)oc1S(=O)(=O)N1CCC(c2nc3ccccc3s2)CC1. The van der Waals surface area contributed by atoms with Crippen molar-refractivity contribution in [3.05, 3.63) is 65.3 Å². The molecular weight excluding hydrogens is 432 g/mol. The van der Waals surface area contributed by atoms with E-state index in [1.54, 1.807) is 35.6 Å². The van der Waals surface area contributed by atoms with Gasteiger partial charge in [0, 0.05) is 24.6 Å². The van der Waals surface area contributed by atoms with Gasteiger partial charge in [0.25, 0.3) is 15.1 Å². The number of oxazole rings is 1. The highest BCUT2D eigenvalue weighted by molar-refractivity contribution is 7.89. The van der Waals surface area contributed by atoms with E-state index in [1.807, 2.05) is 36.4 Å². The number of piperidine rings is 1. The van der Waals surface area contributed by atoms with Gasteiger partial charge in [-0.05, 0) is 37.1 Å². The van der Waals surface area contributed by atoms with Crippen molar-refractivity contribution in [3.63, 3.8) is 0 Å². The molecule has 4 aromatic rings. The van der Waals surface area contributed by atoms with Crippen LogP contribution in [0.15, 0.2) is 64.1 Å². The van der Waals surface area contributed by atoms with Crippen molar-refractivity contribution >= 4 is 31.6 Å². The third-order valence-corrected chi connectivity index (χ3v) is 8.40. The standard InChI is InChI=1S/C22H18N4O3S2/c23-14-18-22(29-20(24-18)15-6-2-1-3-7-15)31(27,28)26-12-10-16(11-13-26)21-25-17-8-4-5-9-19(17)30-21/h1-9,16H,10-13H2. The molecule has 3 heterocycles. The number of sulfonamides is 1. The van der Waals surface area contributed by atoms with Crippen LogP contribution in [0, 0.1) is 11.3 Å². The Morgan fingerprint density at radius 2 is 1.74 bits per heavy atom. The Morgan fingerprint density at radius 3 is 2.45 bits per heavy atom. The second-order valence-electron chi connectivity index (χ2n) is 7.33. The number of aromatic nitrogens is 2. The molecule has 0 atom stereocenters. The van der Waals surface area contributed by atoms with Gasteiger partial charge in [0.2, 0.25) is 5.89 Å². The lowest BCUT2D eigenvalue weighted by molar-refractivity contribution is 0.309. The van der Waals surface area contributed by atoms with Crippen LogP contribution in [0.3, 0.4) is 0 Å². The molecule has 7 nitrogen and oxygen atoms in total. The molecule has 2 aromatic carbocycles. The highest BCUT2D eigenvalue weighted by Crippen LogP contribution is 2.36. The van der Waals surface area contributed by atoms with Gasteiger partial charge >= 0.3 is 0 Å². The fourth-order valence-electron chi connectivity index (χ4n) is 3.78. The summed E-state index contributed by atoms with van der Waals surface area (Å²) in [4.78, 5) is 8.83. The minimum Gasteiger partial charge on any atom is -0.422 e. The quantitative estimate of drug-likeness (QED) is 0.457. The lowest BCUT2D eigenvalue weighted by Crippen LogP contribution is -2.38. The second kappa shape index (κ2) is 7.89. The molecule has 0 spiro atoms. The van der Waals surface area contributed by atoms with Crippen LogP contribution in [-0.2, 0) is 10.0 Å². The molecule has 0 bridgehead atoms. The molecule has 156 valence electrons. The van der Waals surface area contributed by atoms with Gasteiger partial charge in [-0.1, -0.05) is 30.3 Å². The van der Waals surface area contributed by atoms with Gasteiger partial charge < -0.3 is 4.42 Å². The molecule has 1 fully saturated rings. The average Bonchev–Trinajstić information content (AvgIpc) is 3.45. The zero-order valence-electron chi connectivity index (χ0n) is 16.4. The summed E-state index contributed by atoms with van der Waals surface area (Å²) >= 11 is 1.67. The van der Waals surface area contributed by atoms with Crippen molar-refractivity contribution in [3.8, 4) is 17.5 Å². The number of benzene rings is 2. The molecule has 9 heteroatoms. The van der Waals surface area contributed by atoms with Crippen LogP contribution in [0.1, 0.15) is 29.5 Å². The lowest BCUT2D eigenvalue weighted by Gasteiger charge is -2.29. The molecule has 1 aliphatic rings. The third-order valence-electron chi connectivity index (χ3n) is 5.41. The summed E-state index contributed by atoms with van der Waals surface area (Å²) in [7, 11) is -3.96. The number of nitriles is 1. The van der Waals surface area contributed by atoms with Gasteiger partial charge in [-0.15, -0.1) is 11.3 Å². The van der Waals surface area contributed by atoms with Crippen molar-refractivity contribution in [1.82, 2.24) is 14.3 Å². The molecule has 1 aliphatic heterocycles. The molecule has 31 heavy (non-hydrogen) atoms. The van der Waals surface area contributed by atoms with Gasteiger partial charge in [0.1, 0.15) is 6.07 Å². The number of nitrogens with zero attached hydrogens (tertiary/aromatic N) is 4. The predicted octanol–water partition coefficient (Wildman–Crippen LogP) is 4.39. The molecule has 0 radical (unpaired) electrons. The molecule has 2 aromatic heterocycles. The van der Waals surface area contributed by atoms with E-state index in [4.69, 9.17) is 9.40 Å². The average molecular weight is 451 g/mol. The maximum atomic E-state index is 13.2. The van der Waals surface area contributed by atoms with Crippen LogP contribution in [0.25, 0.3) is 21.7 Å². The number of hydrogen-bond donors (Lipinski definition) is 0. The van der Waals surface area contributed by atoms with E-state index in [1.165, 1.54) is 4.31 Å². The van der Waals surface area contributed by atoms with Crippen molar-refractivity contribution in [1.29, 1.82) is 5.26 Å². The fourth-order valence-corrected chi connectivity index (χ4v) is 6.36. The molecular formula is C22H18N4O3S2. The van der Waals surface area contributed by atoms with Crippen molar-refractivity contribution in [2.45, 2.75) is 23.9 Å². The maximum absolute atomic E-state index is 13.2. The summed E-state index contributed by atoms with van der Waals surface area (Å²) in [6, 6.07) is 18.8. The Kier molecular flexibility index (Phi) is 5.06. The number of thiazole rings is 1. The summed E-state index contributed by atoms with van der Waals surface area (Å²) in [5.74, 6) is 0.342. The molecule has 0 N–H and O–H groups in total. The first-order valence-electron chi connectivity index (χ1n) is 9.88. The smallest absolute Gasteiger partial charge is 0.279 e. The van der Waals surface area contributed by atoms with Gasteiger partial charge in [-0.25, -0.2) is 13.4 Å². The van der Waals surface area contributed by atoms with Crippen molar-refractivity contribution in [2.75, 3.05) is 13.1 Å². The number of rotatable bonds is 4. The van der Waals surface area contributed by atoms with E-state index in [-0.39, 0.29) is 22.6 Å². The monoisotopic (exact) mass is 450 g/mol. The van der Waals surface area contributed by atoms with Crippen LogP contribution < -0.4 is 0 Å². The minimum atomic E-state index is -3.96. The molecule has 0 aliphatic carbocycles. The topological polar surface area (TPSA) is 100 Å². The van der Waals surface area contributed by atoms with Gasteiger partial charge in [-0.3, -0.25) is 0 Å². The highest BCUT2D eigenvalue weighted by atomic mass is 32.2. The van der Waals surface area contributed by atoms with E-state index in [9.17, 15) is 13.7 Å².